The molecule has 3 aromatic rings. The monoisotopic (exact) mass is 552 g/mol. The Hall–Kier alpha value is -4.16. The highest BCUT2D eigenvalue weighted by Gasteiger charge is 2.31. The first-order valence-electron chi connectivity index (χ1n) is 12.1. The van der Waals surface area contributed by atoms with Gasteiger partial charge in [-0.3, -0.25) is 9.59 Å². The Morgan fingerprint density at radius 1 is 1.10 bits per heavy atom. The second kappa shape index (κ2) is 13.1. The second-order valence-corrected chi connectivity index (χ2v) is 8.67. The maximum atomic E-state index is 14.2. The molecule has 0 fully saturated rings. The predicted octanol–water partition coefficient (Wildman–Crippen LogP) is 5.09. The molecule has 13 heteroatoms. The van der Waals surface area contributed by atoms with Crippen molar-refractivity contribution in [2.75, 3.05) is 25.6 Å². The van der Waals surface area contributed by atoms with E-state index in [-0.39, 0.29) is 55.0 Å². The zero-order valence-electron chi connectivity index (χ0n) is 21.5. The summed E-state index contributed by atoms with van der Waals surface area (Å²) in [5.74, 6) is -2.09. The van der Waals surface area contributed by atoms with Crippen LogP contribution in [0.25, 0.3) is 11.5 Å². The van der Waals surface area contributed by atoms with Crippen LogP contribution in [0.3, 0.4) is 0 Å². The van der Waals surface area contributed by atoms with Crippen molar-refractivity contribution < 1.29 is 41.0 Å². The first-order chi connectivity index (χ1) is 18.5. The normalized spacial score (nSPS) is 12.9. The topological polar surface area (TPSA) is 116 Å². The fourth-order valence-electron chi connectivity index (χ4n) is 3.45. The number of esters is 1. The number of alkyl halides is 3. The van der Waals surface area contributed by atoms with Crippen LogP contribution in [0.5, 0.6) is 6.08 Å². The second-order valence-electron chi connectivity index (χ2n) is 8.67. The number of nitrogens with zero attached hydrogens (tertiary/aromatic N) is 2. The van der Waals surface area contributed by atoms with Crippen LogP contribution in [0.1, 0.15) is 42.6 Å². The van der Waals surface area contributed by atoms with Crippen LogP contribution in [-0.4, -0.2) is 48.4 Å². The number of anilines is 1. The number of ether oxygens (including phenoxy) is 2. The molecule has 2 aromatic carbocycles. The molecule has 1 aromatic heterocycles. The minimum Gasteiger partial charge on any atom is -0.469 e. The van der Waals surface area contributed by atoms with E-state index in [1.54, 1.807) is 24.3 Å². The van der Waals surface area contributed by atoms with Crippen LogP contribution >= 0.6 is 0 Å². The summed E-state index contributed by atoms with van der Waals surface area (Å²) in [6, 6.07) is 8.49. The van der Waals surface area contributed by atoms with E-state index in [9.17, 15) is 27.2 Å². The van der Waals surface area contributed by atoms with Gasteiger partial charge in [-0.25, -0.2) is 4.39 Å². The van der Waals surface area contributed by atoms with E-state index < -0.39 is 23.5 Å². The lowest BCUT2D eigenvalue weighted by molar-refractivity contribution is -0.140. The molecule has 39 heavy (non-hydrogen) atoms. The highest BCUT2D eigenvalue weighted by atomic mass is 19.4. The molecule has 9 nitrogen and oxygen atoms in total. The Bertz CT molecular complexity index is 1260. The minimum atomic E-state index is -4.68. The lowest BCUT2D eigenvalue weighted by Gasteiger charge is -2.24. The number of carbonyl (C=O) groups excluding carboxylic acids is 2. The molecule has 0 unspecified atom stereocenters. The lowest BCUT2D eigenvalue weighted by atomic mass is 9.99. The van der Waals surface area contributed by atoms with Crippen molar-refractivity contribution in [2.24, 2.45) is 5.92 Å². The maximum Gasteiger partial charge on any atom is 0.416 e. The molecule has 0 aliphatic heterocycles. The van der Waals surface area contributed by atoms with Gasteiger partial charge in [-0.2, -0.15) is 13.2 Å². The van der Waals surface area contributed by atoms with Gasteiger partial charge in [-0.05, 0) is 48.4 Å². The van der Waals surface area contributed by atoms with Crippen LogP contribution in [0, 0.1) is 11.7 Å². The van der Waals surface area contributed by atoms with E-state index in [1.807, 2.05) is 13.8 Å². The first-order valence-corrected chi connectivity index (χ1v) is 12.1. The zero-order valence-corrected chi connectivity index (χ0v) is 21.5. The molecular formula is C26H28F4N4O5. The third kappa shape index (κ3) is 8.16. The molecule has 0 saturated heterocycles. The molecule has 1 heterocycles. The third-order valence-corrected chi connectivity index (χ3v) is 5.99. The van der Waals surface area contributed by atoms with Crippen molar-refractivity contribution in [3.05, 3.63) is 59.4 Å². The summed E-state index contributed by atoms with van der Waals surface area (Å²) in [5, 5.41) is 13.4. The number of aromatic nitrogens is 2. The van der Waals surface area contributed by atoms with Gasteiger partial charge in [-0.1, -0.05) is 25.4 Å². The summed E-state index contributed by atoms with van der Waals surface area (Å²) in [7, 11) is 1.28. The molecular weight excluding hydrogens is 524 g/mol. The minimum absolute atomic E-state index is 0.0687. The summed E-state index contributed by atoms with van der Waals surface area (Å²) in [4.78, 5) is 23.4. The molecule has 1 amide bonds. The number of hydrogen-bond acceptors (Lipinski definition) is 8. The molecule has 2 atom stereocenters. The highest BCUT2D eigenvalue weighted by Crippen LogP contribution is 2.33. The fraction of sp³-hybridized carbons (Fsp3) is 0.385. The van der Waals surface area contributed by atoms with E-state index >= 15 is 0 Å². The van der Waals surface area contributed by atoms with Gasteiger partial charge < -0.3 is 24.5 Å². The SMILES string of the molecule is CC[C@H](C)[C@@H](COc1nnc(-c2ccc(C(F)(F)F)cc2F)o1)Nc1ccc(C(=O)NCCC(=O)OC)cc1. The Morgan fingerprint density at radius 3 is 2.44 bits per heavy atom. The number of methoxy groups -OCH3 is 1. The molecule has 210 valence electrons. The summed E-state index contributed by atoms with van der Waals surface area (Å²) in [6.07, 6.45) is -4.08. The molecule has 2 N–H and O–H groups in total. The highest BCUT2D eigenvalue weighted by molar-refractivity contribution is 5.94. The van der Waals surface area contributed by atoms with Crippen molar-refractivity contribution in [3.63, 3.8) is 0 Å². The molecule has 0 saturated carbocycles. The molecule has 0 spiro atoms. The van der Waals surface area contributed by atoms with E-state index in [0.717, 1.165) is 18.6 Å². The summed E-state index contributed by atoms with van der Waals surface area (Å²) >= 11 is 0. The van der Waals surface area contributed by atoms with Crippen molar-refractivity contribution >= 4 is 17.6 Å². The van der Waals surface area contributed by atoms with Gasteiger partial charge in [0.2, 0.25) is 0 Å². The van der Waals surface area contributed by atoms with Crippen LogP contribution < -0.4 is 15.4 Å². The molecule has 0 aliphatic carbocycles. The number of halogens is 4. The van der Waals surface area contributed by atoms with Crippen molar-refractivity contribution in [1.82, 2.24) is 15.5 Å². The summed E-state index contributed by atoms with van der Waals surface area (Å²) in [5.41, 5.74) is -0.283. The Morgan fingerprint density at radius 2 is 1.82 bits per heavy atom. The van der Waals surface area contributed by atoms with Gasteiger partial charge in [-0.15, -0.1) is 5.10 Å². The first kappa shape index (κ1) is 29.4. The average molecular weight is 553 g/mol. The van der Waals surface area contributed by atoms with Crippen LogP contribution in [0.15, 0.2) is 46.9 Å². The number of nitrogens with one attached hydrogen (secondary N) is 2. The van der Waals surface area contributed by atoms with Gasteiger partial charge in [0.05, 0.1) is 30.7 Å². The lowest BCUT2D eigenvalue weighted by Crippen LogP contribution is -2.33. The van der Waals surface area contributed by atoms with Gasteiger partial charge in [0.25, 0.3) is 11.8 Å². The molecule has 3 rings (SSSR count). The summed E-state index contributed by atoms with van der Waals surface area (Å²) < 4.78 is 68.1. The van der Waals surface area contributed by atoms with E-state index in [2.05, 4.69) is 25.6 Å². The van der Waals surface area contributed by atoms with Gasteiger partial charge >= 0.3 is 18.2 Å². The number of amides is 1. The quantitative estimate of drug-likeness (QED) is 0.236. The Labute approximate surface area is 221 Å². The number of hydrogen-bond donors (Lipinski definition) is 2. The Balaban J connectivity index is 1.61. The van der Waals surface area contributed by atoms with Gasteiger partial charge in [0.15, 0.2) is 0 Å². The van der Waals surface area contributed by atoms with Gasteiger partial charge in [0, 0.05) is 17.8 Å². The van der Waals surface area contributed by atoms with Crippen LogP contribution in [0.2, 0.25) is 0 Å². The van der Waals surface area contributed by atoms with Crippen molar-refractivity contribution in [2.45, 2.75) is 38.9 Å². The van der Waals surface area contributed by atoms with Gasteiger partial charge in [0.1, 0.15) is 12.4 Å². The fourth-order valence-corrected chi connectivity index (χ4v) is 3.45. The molecule has 0 radical (unpaired) electrons. The van der Waals surface area contributed by atoms with Crippen LogP contribution in [0.4, 0.5) is 23.2 Å². The van der Waals surface area contributed by atoms with Crippen molar-refractivity contribution in [1.29, 1.82) is 0 Å². The smallest absolute Gasteiger partial charge is 0.416 e. The third-order valence-electron chi connectivity index (χ3n) is 5.99. The standard InChI is InChI=1S/C26H28F4N4O5/c1-4-15(2)21(32-18-8-5-16(6-9-18)23(36)31-12-11-22(35)37-3)14-38-25-34-33-24(39-25)19-10-7-17(13-20(19)27)26(28,29)30/h5-10,13,15,21,32H,4,11-12,14H2,1-3H3,(H,31,36)/t15-,21+/m0/s1. The van der Waals surface area contributed by atoms with E-state index in [0.29, 0.717) is 17.3 Å². The zero-order chi connectivity index (χ0) is 28.6. The predicted molar refractivity (Wildman–Crippen MR) is 132 cm³/mol. The largest absolute Gasteiger partial charge is 0.469 e. The number of benzene rings is 2. The van der Waals surface area contributed by atoms with E-state index in [4.69, 9.17) is 9.15 Å². The number of carbonyl (C=O) groups is 2. The van der Waals surface area contributed by atoms with Crippen molar-refractivity contribution in [3.8, 4) is 17.5 Å². The molecule has 0 bridgehead atoms. The Kier molecular flexibility index (Phi) is 9.85. The average Bonchev–Trinajstić information content (AvgIpc) is 3.38. The van der Waals surface area contributed by atoms with Crippen LogP contribution in [-0.2, 0) is 15.7 Å². The number of rotatable bonds is 12. The summed E-state index contributed by atoms with van der Waals surface area (Å²) in [6.45, 7) is 4.24. The van der Waals surface area contributed by atoms with E-state index in [1.165, 1.54) is 7.11 Å². The molecule has 0 aliphatic rings. The maximum absolute atomic E-state index is 14.2.